The van der Waals surface area contributed by atoms with Crippen LogP contribution < -0.4 is 15.0 Å². The van der Waals surface area contributed by atoms with Crippen molar-refractivity contribution in [2.24, 2.45) is 11.8 Å². The van der Waals surface area contributed by atoms with Crippen LogP contribution in [-0.2, 0) is 9.59 Å². The largest absolute Gasteiger partial charge is 0.497 e. The quantitative estimate of drug-likeness (QED) is 0.785. The van der Waals surface area contributed by atoms with Gasteiger partial charge in [-0.3, -0.25) is 9.59 Å². The SMILES string of the molecule is COc1ccc(N2CC(C(=O)NC(C)CCCC(C)C)CC2=O)cc1. The first-order chi connectivity index (χ1) is 11.9. The molecular weight excluding hydrogens is 316 g/mol. The molecule has 1 aromatic rings. The van der Waals surface area contributed by atoms with Gasteiger partial charge in [0.15, 0.2) is 0 Å². The minimum Gasteiger partial charge on any atom is -0.497 e. The van der Waals surface area contributed by atoms with E-state index in [2.05, 4.69) is 19.2 Å². The van der Waals surface area contributed by atoms with Crippen molar-refractivity contribution in [1.82, 2.24) is 5.32 Å². The first-order valence-corrected chi connectivity index (χ1v) is 9.15. The average Bonchev–Trinajstić information content (AvgIpc) is 2.96. The smallest absolute Gasteiger partial charge is 0.227 e. The van der Waals surface area contributed by atoms with E-state index in [1.807, 2.05) is 31.2 Å². The molecule has 2 atom stereocenters. The van der Waals surface area contributed by atoms with Crippen molar-refractivity contribution in [3.63, 3.8) is 0 Å². The van der Waals surface area contributed by atoms with Gasteiger partial charge in [-0.05, 0) is 43.5 Å². The molecule has 1 fully saturated rings. The van der Waals surface area contributed by atoms with E-state index in [4.69, 9.17) is 4.74 Å². The number of ether oxygens (including phenoxy) is 1. The number of carbonyl (C=O) groups excluding carboxylic acids is 2. The fourth-order valence-corrected chi connectivity index (χ4v) is 3.16. The third-order valence-electron chi connectivity index (χ3n) is 4.69. The summed E-state index contributed by atoms with van der Waals surface area (Å²) in [5, 5.41) is 3.07. The van der Waals surface area contributed by atoms with E-state index in [-0.39, 0.29) is 30.2 Å². The lowest BCUT2D eigenvalue weighted by atomic mass is 10.0. The maximum atomic E-state index is 12.5. The second kappa shape index (κ2) is 8.88. The van der Waals surface area contributed by atoms with Crippen LogP contribution in [0.25, 0.3) is 0 Å². The molecule has 0 bridgehead atoms. The highest BCUT2D eigenvalue weighted by atomic mass is 16.5. The summed E-state index contributed by atoms with van der Waals surface area (Å²) >= 11 is 0. The van der Waals surface area contributed by atoms with Gasteiger partial charge in [-0.25, -0.2) is 0 Å². The lowest BCUT2D eigenvalue weighted by Gasteiger charge is -2.19. The van der Waals surface area contributed by atoms with Crippen LogP contribution in [0.3, 0.4) is 0 Å². The summed E-state index contributed by atoms with van der Waals surface area (Å²) in [6.07, 6.45) is 3.54. The lowest BCUT2D eigenvalue weighted by Crippen LogP contribution is -2.38. The number of amides is 2. The molecule has 1 heterocycles. The number of rotatable bonds is 8. The Morgan fingerprint density at radius 3 is 2.52 bits per heavy atom. The summed E-state index contributed by atoms with van der Waals surface area (Å²) in [5.41, 5.74) is 0.811. The highest BCUT2D eigenvalue weighted by molar-refractivity contribution is 6.00. The predicted octanol–water partition coefficient (Wildman–Crippen LogP) is 3.38. The van der Waals surface area contributed by atoms with Gasteiger partial charge >= 0.3 is 0 Å². The summed E-state index contributed by atoms with van der Waals surface area (Å²) in [6, 6.07) is 7.51. The van der Waals surface area contributed by atoms with Gasteiger partial charge in [-0.15, -0.1) is 0 Å². The molecule has 1 aliphatic heterocycles. The maximum absolute atomic E-state index is 12.5. The summed E-state index contributed by atoms with van der Waals surface area (Å²) < 4.78 is 5.14. The Labute approximate surface area is 150 Å². The highest BCUT2D eigenvalue weighted by Gasteiger charge is 2.35. The Morgan fingerprint density at radius 2 is 1.92 bits per heavy atom. The molecule has 1 aromatic carbocycles. The molecule has 5 heteroatoms. The van der Waals surface area contributed by atoms with E-state index in [0.717, 1.165) is 24.3 Å². The molecule has 138 valence electrons. The molecule has 2 rings (SSSR count). The van der Waals surface area contributed by atoms with Crippen LogP contribution >= 0.6 is 0 Å². The fraction of sp³-hybridized carbons (Fsp3) is 0.600. The third kappa shape index (κ3) is 5.48. The van der Waals surface area contributed by atoms with Crippen LogP contribution in [0, 0.1) is 11.8 Å². The number of benzene rings is 1. The van der Waals surface area contributed by atoms with Crippen LogP contribution in [0.2, 0.25) is 0 Å². The number of methoxy groups -OCH3 is 1. The van der Waals surface area contributed by atoms with Gasteiger partial charge in [0.1, 0.15) is 5.75 Å². The zero-order valence-electron chi connectivity index (χ0n) is 15.7. The second-order valence-electron chi connectivity index (χ2n) is 7.34. The molecular formula is C20H30N2O3. The molecule has 1 aliphatic rings. The first kappa shape index (κ1) is 19.3. The summed E-state index contributed by atoms with van der Waals surface area (Å²) in [4.78, 5) is 26.4. The topological polar surface area (TPSA) is 58.6 Å². The first-order valence-electron chi connectivity index (χ1n) is 9.15. The highest BCUT2D eigenvalue weighted by Crippen LogP contribution is 2.27. The normalized spacial score (nSPS) is 18.5. The number of anilines is 1. The van der Waals surface area contributed by atoms with Crippen molar-refractivity contribution >= 4 is 17.5 Å². The summed E-state index contributed by atoms with van der Waals surface area (Å²) in [5.74, 6) is 1.15. The average molecular weight is 346 g/mol. The lowest BCUT2D eigenvalue weighted by molar-refractivity contribution is -0.126. The van der Waals surface area contributed by atoms with Gasteiger partial charge in [-0.1, -0.05) is 26.7 Å². The molecule has 2 amide bonds. The second-order valence-corrected chi connectivity index (χ2v) is 7.34. The fourth-order valence-electron chi connectivity index (χ4n) is 3.16. The molecule has 0 spiro atoms. The van der Waals surface area contributed by atoms with E-state index in [1.165, 1.54) is 6.42 Å². The van der Waals surface area contributed by atoms with Crippen molar-refractivity contribution in [2.45, 2.75) is 52.5 Å². The van der Waals surface area contributed by atoms with Crippen molar-refractivity contribution in [1.29, 1.82) is 0 Å². The van der Waals surface area contributed by atoms with E-state index in [0.29, 0.717) is 12.5 Å². The number of nitrogens with one attached hydrogen (secondary N) is 1. The van der Waals surface area contributed by atoms with Gasteiger partial charge < -0.3 is 15.0 Å². The molecule has 25 heavy (non-hydrogen) atoms. The summed E-state index contributed by atoms with van der Waals surface area (Å²) in [6.45, 7) is 6.90. The monoisotopic (exact) mass is 346 g/mol. The van der Waals surface area contributed by atoms with E-state index < -0.39 is 0 Å². The Balaban J connectivity index is 1.86. The molecule has 0 radical (unpaired) electrons. The van der Waals surface area contributed by atoms with Gasteiger partial charge in [0.2, 0.25) is 11.8 Å². The van der Waals surface area contributed by atoms with Crippen LogP contribution in [-0.4, -0.2) is 31.5 Å². The number of nitrogens with zero attached hydrogens (tertiary/aromatic N) is 1. The van der Waals surface area contributed by atoms with Crippen LogP contribution in [0.15, 0.2) is 24.3 Å². The van der Waals surface area contributed by atoms with Gasteiger partial charge in [-0.2, -0.15) is 0 Å². The molecule has 1 N–H and O–H groups in total. The zero-order chi connectivity index (χ0) is 18.4. The van der Waals surface area contributed by atoms with Crippen molar-refractivity contribution in [3.8, 4) is 5.75 Å². The number of carbonyl (C=O) groups is 2. The minimum absolute atomic E-state index is 0.00206. The molecule has 2 unspecified atom stereocenters. The predicted molar refractivity (Wildman–Crippen MR) is 99.7 cm³/mol. The Hall–Kier alpha value is -2.04. The molecule has 1 saturated heterocycles. The maximum Gasteiger partial charge on any atom is 0.227 e. The van der Waals surface area contributed by atoms with Crippen molar-refractivity contribution in [2.75, 3.05) is 18.6 Å². The molecule has 0 aliphatic carbocycles. The van der Waals surface area contributed by atoms with Crippen LogP contribution in [0.4, 0.5) is 5.69 Å². The van der Waals surface area contributed by atoms with E-state index in [1.54, 1.807) is 12.0 Å². The van der Waals surface area contributed by atoms with Crippen LogP contribution in [0.1, 0.15) is 46.5 Å². The standard InChI is InChI=1S/C20H30N2O3/c1-14(2)6-5-7-15(3)21-20(24)16-12-19(23)22(13-16)17-8-10-18(25-4)11-9-17/h8-11,14-16H,5-7,12-13H2,1-4H3,(H,21,24). The number of hydrogen-bond acceptors (Lipinski definition) is 3. The molecule has 0 saturated carbocycles. The van der Waals surface area contributed by atoms with Gasteiger partial charge in [0.05, 0.1) is 13.0 Å². The Kier molecular flexibility index (Phi) is 6.85. The molecule has 0 aromatic heterocycles. The Bertz CT molecular complexity index is 583. The van der Waals surface area contributed by atoms with Gasteiger partial charge in [0.25, 0.3) is 0 Å². The minimum atomic E-state index is -0.276. The zero-order valence-corrected chi connectivity index (χ0v) is 15.7. The van der Waals surface area contributed by atoms with Crippen LogP contribution in [0.5, 0.6) is 5.75 Å². The summed E-state index contributed by atoms with van der Waals surface area (Å²) in [7, 11) is 1.61. The third-order valence-corrected chi connectivity index (χ3v) is 4.69. The van der Waals surface area contributed by atoms with E-state index >= 15 is 0 Å². The van der Waals surface area contributed by atoms with Gasteiger partial charge in [0, 0.05) is 24.7 Å². The number of hydrogen-bond donors (Lipinski definition) is 1. The van der Waals surface area contributed by atoms with Crippen molar-refractivity contribution in [3.05, 3.63) is 24.3 Å². The Morgan fingerprint density at radius 1 is 1.24 bits per heavy atom. The van der Waals surface area contributed by atoms with E-state index in [9.17, 15) is 9.59 Å². The van der Waals surface area contributed by atoms with Crippen molar-refractivity contribution < 1.29 is 14.3 Å². The molecule has 5 nitrogen and oxygen atoms in total.